The van der Waals surface area contributed by atoms with E-state index in [0.717, 1.165) is 5.39 Å². The number of rotatable bonds is 6. The van der Waals surface area contributed by atoms with E-state index in [1.807, 2.05) is 0 Å². The Bertz CT molecular complexity index is 1830. The summed E-state index contributed by atoms with van der Waals surface area (Å²) in [4.78, 5) is 12.8. The number of benzene rings is 5. The van der Waals surface area contributed by atoms with Gasteiger partial charge in [0.15, 0.2) is 5.75 Å². The summed E-state index contributed by atoms with van der Waals surface area (Å²) in [6.07, 6.45) is 0. The summed E-state index contributed by atoms with van der Waals surface area (Å²) >= 11 is 0. The topological polar surface area (TPSA) is 138 Å². The first-order valence-electron chi connectivity index (χ1n) is 11.4. The van der Waals surface area contributed by atoms with E-state index in [0.29, 0.717) is 21.9 Å². The van der Waals surface area contributed by atoms with E-state index in [9.17, 15) is 23.4 Å². The van der Waals surface area contributed by atoms with Crippen LogP contribution in [0.15, 0.2) is 106 Å². The zero-order valence-electron chi connectivity index (χ0n) is 20.0. The van der Waals surface area contributed by atoms with E-state index < -0.39 is 15.9 Å². The van der Waals surface area contributed by atoms with Gasteiger partial charge >= 0.3 is 0 Å². The second kappa shape index (κ2) is 9.83. The molecule has 3 N–H and O–H groups in total. The van der Waals surface area contributed by atoms with Crippen molar-refractivity contribution in [2.24, 2.45) is 10.2 Å². The predicted octanol–water partition coefficient (Wildman–Crippen LogP) is 6.14. The molecule has 10 heteroatoms. The molecule has 0 saturated heterocycles. The van der Waals surface area contributed by atoms with Crippen molar-refractivity contribution in [1.82, 2.24) is 0 Å². The molecule has 0 radical (unpaired) electrons. The number of anilines is 1. The van der Waals surface area contributed by atoms with Crippen LogP contribution in [0.1, 0.15) is 10.4 Å². The first kappa shape index (κ1) is 24.7. The van der Waals surface area contributed by atoms with Gasteiger partial charge in [-0.1, -0.05) is 42.5 Å². The van der Waals surface area contributed by atoms with Crippen LogP contribution in [0.5, 0.6) is 17.2 Å². The van der Waals surface area contributed by atoms with Gasteiger partial charge in [-0.25, -0.2) is 8.42 Å². The number of nitrogens with one attached hydrogen (secondary N) is 1. The summed E-state index contributed by atoms with van der Waals surface area (Å²) in [7, 11) is -2.53. The van der Waals surface area contributed by atoms with Crippen LogP contribution < -0.4 is 9.46 Å². The molecule has 0 atom stereocenters. The van der Waals surface area contributed by atoms with E-state index >= 15 is 0 Å². The number of hydrogen-bond donors (Lipinski definition) is 3. The van der Waals surface area contributed by atoms with Crippen molar-refractivity contribution in [2.45, 2.75) is 4.90 Å². The third kappa shape index (κ3) is 4.72. The Morgan fingerprint density at radius 1 is 0.842 bits per heavy atom. The zero-order chi connectivity index (χ0) is 26.9. The number of carbonyl (C=O) groups is 1. The summed E-state index contributed by atoms with van der Waals surface area (Å²) in [5, 5.41) is 30.6. The molecule has 0 heterocycles. The lowest BCUT2D eigenvalue weighted by molar-refractivity contribution is 0.0995. The van der Waals surface area contributed by atoms with E-state index in [4.69, 9.17) is 4.74 Å². The molecule has 5 aromatic rings. The van der Waals surface area contributed by atoms with Gasteiger partial charge in [-0.05, 0) is 53.9 Å². The molecule has 0 aliphatic carbocycles. The van der Waals surface area contributed by atoms with E-state index in [1.54, 1.807) is 48.5 Å². The zero-order valence-corrected chi connectivity index (χ0v) is 20.8. The highest BCUT2D eigenvalue weighted by Gasteiger charge is 2.19. The number of phenols is 2. The fourth-order valence-corrected chi connectivity index (χ4v) is 5.08. The minimum absolute atomic E-state index is 0.00775. The van der Waals surface area contributed by atoms with Crippen molar-refractivity contribution in [3.8, 4) is 17.2 Å². The molecule has 0 aromatic heterocycles. The molecule has 0 fully saturated rings. The molecule has 9 nitrogen and oxygen atoms in total. The second-order valence-corrected chi connectivity index (χ2v) is 10.0. The number of carbonyl (C=O) groups excluding carboxylic acids is 1. The van der Waals surface area contributed by atoms with E-state index in [-0.39, 0.29) is 33.3 Å². The molecule has 0 aliphatic heterocycles. The maximum Gasteiger partial charge on any atom is 0.295 e. The molecule has 0 bridgehead atoms. The maximum absolute atomic E-state index is 13.1. The SMILES string of the molecule is COc1ccc(S(=O)(=O)Nc2cc(N=NC(=O)c3ccc4cccc(O)c4c3)c(O)c3ccccc23)cc1. The van der Waals surface area contributed by atoms with Gasteiger partial charge < -0.3 is 14.9 Å². The molecule has 0 saturated carbocycles. The van der Waals surface area contributed by atoms with Gasteiger partial charge in [-0.2, -0.15) is 0 Å². The van der Waals surface area contributed by atoms with Crippen LogP contribution in [-0.2, 0) is 10.0 Å². The number of hydrogen-bond acceptors (Lipinski definition) is 7. The van der Waals surface area contributed by atoms with Crippen LogP contribution in [0, 0.1) is 0 Å². The van der Waals surface area contributed by atoms with Crippen molar-refractivity contribution in [2.75, 3.05) is 11.8 Å². The quantitative estimate of drug-likeness (QED) is 0.179. The number of nitrogens with zero attached hydrogens (tertiary/aromatic N) is 2. The van der Waals surface area contributed by atoms with Crippen molar-refractivity contribution in [3.05, 3.63) is 96.6 Å². The van der Waals surface area contributed by atoms with Crippen molar-refractivity contribution in [3.63, 3.8) is 0 Å². The predicted molar refractivity (Wildman–Crippen MR) is 144 cm³/mol. The highest BCUT2D eigenvalue weighted by molar-refractivity contribution is 7.92. The van der Waals surface area contributed by atoms with Crippen LogP contribution >= 0.6 is 0 Å². The average molecular weight is 528 g/mol. The maximum atomic E-state index is 13.1. The van der Waals surface area contributed by atoms with Crippen LogP contribution in [-0.4, -0.2) is 31.6 Å². The van der Waals surface area contributed by atoms with Crippen LogP contribution in [0.2, 0.25) is 0 Å². The standard InChI is InChI=1S/C28H21N3O6S/c1-37-19-11-13-20(14-12-19)38(35,36)31-24-16-25(27(33)22-7-3-2-6-21(22)24)29-30-28(34)18-10-9-17-5-4-8-26(32)23(17)15-18/h2-16,31-33H,1H3. The van der Waals surface area contributed by atoms with Gasteiger partial charge in [0.2, 0.25) is 0 Å². The van der Waals surface area contributed by atoms with Gasteiger partial charge in [0.05, 0.1) is 17.7 Å². The third-order valence-electron chi connectivity index (χ3n) is 5.96. The molecule has 190 valence electrons. The van der Waals surface area contributed by atoms with Gasteiger partial charge in [0.25, 0.3) is 15.9 Å². The Morgan fingerprint density at radius 2 is 1.58 bits per heavy atom. The highest BCUT2D eigenvalue weighted by Crippen LogP contribution is 2.40. The lowest BCUT2D eigenvalue weighted by Crippen LogP contribution is -2.13. The molecule has 0 aliphatic rings. The van der Waals surface area contributed by atoms with E-state index in [1.165, 1.54) is 49.6 Å². The molecular formula is C28H21N3O6S. The minimum atomic E-state index is -4.01. The monoisotopic (exact) mass is 527 g/mol. The first-order chi connectivity index (χ1) is 18.3. The fraction of sp³-hybridized carbons (Fsp3) is 0.0357. The summed E-state index contributed by atoms with van der Waals surface area (Å²) in [5.74, 6) is -0.438. The summed E-state index contributed by atoms with van der Waals surface area (Å²) < 4.78 is 33.8. The smallest absolute Gasteiger partial charge is 0.295 e. The van der Waals surface area contributed by atoms with Crippen LogP contribution in [0.4, 0.5) is 11.4 Å². The number of phenolic OH excluding ortho intramolecular Hbond substituents is 2. The average Bonchev–Trinajstić information content (AvgIpc) is 2.93. The molecule has 5 rings (SSSR count). The number of aromatic hydroxyl groups is 2. The molecule has 5 aromatic carbocycles. The Balaban J connectivity index is 1.51. The Morgan fingerprint density at radius 3 is 2.32 bits per heavy atom. The van der Waals surface area contributed by atoms with Crippen molar-refractivity contribution in [1.29, 1.82) is 0 Å². The number of methoxy groups -OCH3 is 1. The largest absolute Gasteiger partial charge is 0.507 e. The number of sulfonamides is 1. The van der Waals surface area contributed by atoms with Gasteiger partial charge in [-0.15, -0.1) is 10.2 Å². The lowest BCUT2D eigenvalue weighted by atomic mass is 10.1. The van der Waals surface area contributed by atoms with Gasteiger partial charge in [0, 0.05) is 21.7 Å². The molecule has 0 spiro atoms. The number of fused-ring (bicyclic) bond motifs is 2. The number of ether oxygens (including phenoxy) is 1. The number of amides is 1. The Labute approximate surface area is 217 Å². The van der Waals surface area contributed by atoms with Gasteiger partial charge in [-0.3, -0.25) is 9.52 Å². The summed E-state index contributed by atoms with van der Waals surface area (Å²) in [6, 6.07) is 23.5. The molecule has 38 heavy (non-hydrogen) atoms. The highest BCUT2D eigenvalue weighted by atomic mass is 32.2. The van der Waals surface area contributed by atoms with Crippen LogP contribution in [0.3, 0.4) is 0 Å². The number of azo groups is 1. The first-order valence-corrected chi connectivity index (χ1v) is 12.8. The molecule has 1 amide bonds. The Kier molecular flexibility index (Phi) is 6.39. The Hall–Kier alpha value is -4.96. The van der Waals surface area contributed by atoms with Crippen LogP contribution in [0.25, 0.3) is 21.5 Å². The lowest BCUT2D eigenvalue weighted by Gasteiger charge is -2.13. The van der Waals surface area contributed by atoms with E-state index in [2.05, 4.69) is 15.0 Å². The fourth-order valence-electron chi connectivity index (χ4n) is 4.01. The van der Waals surface area contributed by atoms with Crippen molar-refractivity contribution >= 4 is 48.9 Å². The third-order valence-corrected chi connectivity index (χ3v) is 7.35. The summed E-state index contributed by atoms with van der Waals surface area (Å²) in [5.41, 5.74) is 0.225. The second-order valence-electron chi connectivity index (χ2n) is 8.34. The van der Waals surface area contributed by atoms with Gasteiger partial charge in [0.1, 0.15) is 17.2 Å². The molecular weight excluding hydrogens is 506 g/mol. The summed E-state index contributed by atoms with van der Waals surface area (Å²) in [6.45, 7) is 0. The normalized spacial score (nSPS) is 11.7. The van der Waals surface area contributed by atoms with Crippen molar-refractivity contribution < 1.29 is 28.2 Å². The minimum Gasteiger partial charge on any atom is -0.507 e. The molecule has 0 unspecified atom stereocenters.